The lowest BCUT2D eigenvalue weighted by molar-refractivity contribution is -0.118. The number of hydrogen-bond acceptors (Lipinski definition) is 6. The zero-order valence-corrected chi connectivity index (χ0v) is 16.9. The van der Waals surface area contributed by atoms with E-state index in [2.05, 4.69) is 15.5 Å². The smallest absolute Gasteiger partial charge is 0.230 e. The highest BCUT2D eigenvalue weighted by Gasteiger charge is 2.20. The summed E-state index contributed by atoms with van der Waals surface area (Å²) in [5.74, 6) is 1.24. The van der Waals surface area contributed by atoms with E-state index in [9.17, 15) is 4.79 Å². The largest absolute Gasteiger partial charge is 0.461 e. The number of thiophene rings is 1. The minimum Gasteiger partial charge on any atom is -0.461 e. The molecule has 0 aliphatic carbocycles. The molecule has 28 heavy (non-hydrogen) atoms. The lowest BCUT2D eigenvalue weighted by atomic mass is 10.3. The Bertz CT molecular complexity index is 1060. The van der Waals surface area contributed by atoms with Gasteiger partial charge in [0, 0.05) is 4.88 Å². The van der Waals surface area contributed by atoms with Gasteiger partial charge in [0.25, 0.3) is 0 Å². The molecule has 6 nitrogen and oxygen atoms in total. The van der Waals surface area contributed by atoms with Crippen molar-refractivity contribution < 1.29 is 9.21 Å². The van der Waals surface area contributed by atoms with E-state index in [1.165, 1.54) is 11.8 Å². The molecule has 0 radical (unpaired) electrons. The molecule has 1 amide bonds. The first kappa shape index (κ1) is 18.8. The summed E-state index contributed by atoms with van der Waals surface area (Å²) in [7, 11) is 0. The number of nitrogens with zero attached hydrogens (tertiary/aromatic N) is 3. The molecule has 0 saturated carbocycles. The molecule has 0 saturated heterocycles. The Morgan fingerprint density at radius 2 is 2.07 bits per heavy atom. The lowest BCUT2D eigenvalue weighted by Crippen LogP contribution is -2.24. The van der Waals surface area contributed by atoms with E-state index in [0.717, 1.165) is 10.6 Å². The van der Waals surface area contributed by atoms with Crippen molar-refractivity contribution in [3.8, 4) is 17.3 Å². The van der Waals surface area contributed by atoms with E-state index in [4.69, 9.17) is 16.0 Å². The van der Waals surface area contributed by atoms with Gasteiger partial charge in [-0.05, 0) is 35.7 Å². The first-order valence-electron chi connectivity index (χ1n) is 8.38. The molecular formula is C19H15ClN4O2S2. The summed E-state index contributed by atoms with van der Waals surface area (Å²) < 4.78 is 7.29. The minimum absolute atomic E-state index is 0.0772. The number of aromatic nitrogens is 3. The first-order chi connectivity index (χ1) is 13.7. The van der Waals surface area contributed by atoms with Crippen molar-refractivity contribution in [1.82, 2.24) is 20.1 Å². The van der Waals surface area contributed by atoms with E-state index in [0.29, 0.717) is 28.3 Å². The van der Waals surface area contributed by atoms with Crippen molar-refractivity contribution in [2.75, 3.05) is 5.75 Å². The van der Waals surface area contributed by atoms with Crippen molar-refractivity contribution >= 4 is 40.6 Å². The van der Waals surface area contributed by atoms with Crippen molar-refractivity contribution in [3.05, 3.63) is 70.1 Å². The summed E-state index contributed by atoms with van der Waals surface area (Å²) in [6, 6.07) is 14.9. The quantitative estimate of drug-likeness (QED) is 0.432. The highest BCUT2D eigenvalue weighted by atomic mass is 35.5. The fourth-order valence-electron chi connectivity index (χ4n) is 2.56. The van der Waals surface area contributed by atoms with Crippen LogP contribution in [0.15, 0.2) is 69.7 Å². The first-order valence-corrected chi connectivity index (χ1v) is 10.6. The number of para-hydroxylation sites is 1. The second-order valence-electron chi connectivity index (χ2n) is 5.72. The number of thioether (sulfide) groups is 1. The Morgan fingerprint density at radius 3 is 2.82 bits per heavy atom. The van der Waals surface area contributed by atoms with Crippen LogP contribution in [0.1, 0.15) is 4.88 Å². The molecule has 1 aromatic carbocycles. The zero-order valence-electron chi connectivity index (χ0n) is 14.5. The normalized spacial score (nSPS) is 10.9. The van der Waals surface area contributed by atoms with E-state index in [1.807, 2.05) is 35.7 Å². The molecule has 0 spiro atoms. The maximum absolute atomic E-state index is 12.2. The van der Waals surface area contributed by atoms with Gasteiger partial charge in [-0.3, -0.25) is 9.36 Å². The Balaban J connectivity index is 1.55. The van der Waals surface area contributed by atoms with Crippen LogP contribution in [0.5, 0.6) is 0 Å². The highest BCUT2D eigenvalue weighted by molar-refractivity contribution is 7.99. The molecule has 3 heterocycles. The third kappa shape index (κ3) is 4.14. The molecule has 1 N–H and O–H groups in total. The summed E-state index contributed by atoms with van der Waals surface area (Å²) in [5, 5.41) is 14.5. The van der Waals surface area contributed by atoms with Gasteiger partial charge in [0.05, 0.1) is 29.3 Å². The molecule has 0 aliphatic rings. The number of benzene rings is 1. The predicted octanol–water partition coefficient (Wildman–Crippen LogP) is 4.65. The summed E-state index contributed by atoms with van der Waals surface area (Å²) >= 11 is 9.30. The number of furan rings is 1. The molecule has 9 heteroatoms. The average Bonchev–Trinajstić information content (AvgIpc) is 3.46. The maximum atomic E-state index is 12.2. The number of rotatable bonds is 7. The number of nitrogens with one attached hydrogen (secondary N) is 1. The van der Waals surface area contributed by atoms with Gasteiger partial charge in [0.15, 0.2) is 10.9 Å². The van der Waals surface area contributed by atoms with Gasteiger partial charge in [-0.2, -0.15) is 0 Å². The van der Waals surface area contributed by atoms with Crippen LogP contribution in [-0.2, 0) is 11.3 Å². The Kier molecular flexibility index (Phi) is 5.80. The number of carbonyl (C=O) groups excluding carboxylic acids is 1. The monoisotopic (exact) mass is 430 g/mol. The topological polar surface area (TPSA) is 73.0 Å². The second-order valence-corrected chi connectivity index (χ2v) is 8.10. The summed E-state index contributed by atoms with van der Waals surface area (Å²) in [5.41, 5.74) is 0.724. The molecule has 0 aliphatic heterocycles. The van der Waals surface area contributed by atoms with Gasteiger partial charge in [0.2, 0.25) is 11.7 Å². The van der Waals surface area contributed by atoms with E-state index < -0.39 is 0 Å². The second kappa shape index (κ2) is 8.64. The Hall–Kier alpha value is -2.55. The van der Waals surface area contributed by atoms with Crippen LogP contribution in [0, 0.1) is 0 Å². The number of halogens is 1. The summed E-state index contributed by atoms with van der Waals surface area (Å²) in [6.07, 6.45) is 1.58. The van der Waals surface area contributed by atoms with Crippen LogP contribution in [-0.4, -0.2) is 26.4 Å². The van der Waals surface area contributed by atoms with Crippen LogP contribution >= 0.6 is 34.7 Å². The zero-order chi connectivity index (χ0) is 19.3. The molecule has 3 aromatic heterocycles. The molecular weight excluding hydrogens is 416 g/mol. The van der Waals surface area contributed by atoms with E-state index in [1.54, 1.807) is 40.4 Å². The molecule has 4 aromatic rings. The van der Waals surface area contributed by atoms with Crippen LogP contribution in [0.25, 0.3) is 17.3 Å². The predicted molar refractivity (Wildman–Crippen MR) is 111 cm³/mol. The molecule has 0 fully saturated rings. The van der Waals surface area contributed by atoms with Crippen LogP contribution in [0.2, 0.25) is 5.02 Å². The third-order valence-electron chi connectivity index (χ3n) is 3.84. The molecule has 0 atom stereocenters. The Labute approximate surface area is 174 Å². The van der Waals surface area contributed by atoms with Gasteiger partial charge in [-0.25, -0.2) is 0 Å². The van der Waals surface area contributed by atoms with Gasteiger partial charge >= 0.3 is 0 Å². The van der Waals surface area contributed by atoms with Crippen molar-refractivity contribution in [2.45, 2.75) is 11.7 Å². The van der Waals surface area contributed by atoms with E-state index in [-0.39, 0.29) is 11.7 Å². The van der Waals surface area contributed by atoms with Gasteiger partial charge in [-0.1, -0.05) is 41.6 Å². The number of amides is 1. The molecule has 142 valence electrons. The summed E-state index contributed by atoms with van der Waals surface area (Å²) in [4.78, 5) is 13.3. The van der Waals surface area contributed by atoms with Crippen molar-refractivity contribution in [2.24, 2.45) is 0 Å². The fourth-order valence-corrected chi connectivity index (χ4v) is 4.20. The lowest BCUT2D eigenvalue weighted by Gasteiger charge is -2.10. The minimum atomic E-state index is -0.0772. The van der Waals surface area contributed by atoms with Gasteiger partial charge < -0.3 is 9.73 Å². The summed E-state index contributed by atoms with van der Waals surface area (Å²) in [6.45, 7) is 0.520. The SMILES string of the molecule is O=C(CSc1nnc(-c2ccco2)n1-c1ccccc1Cl)NCc1cccs1. The molecule has 0 bridgehead atoms. The third-order valence-corrected chi connectivity index (χ3v) is 5.97. The number of carbonyl (C=O) groups is 1. The highest BCUT2D eigenvalue weighted by Crippen LogP contribution is 2.31. The van der Waals surface area contributed by atoms with E-state index >= 15 is 0 Å². The standard InChI is InChI=1S/C19H15ClN4O2S2/c20-14-6-1-2-7-15(14)24-18(16-8-3-9-26-16)22-23-19(24)28-12-17(25)21-11-13-5-4-10-27-13/h1-10H,11-12H2,(H,21,25). The van der Waals surface area contributed by atoms with Crippen LogP contribution < -0.4 is 5.32 Å². The van der Waals surface area contributed by atoms with Crippen molar-refractivity contribution in [1.29, 1.82) is 0 Å². The fraction of sp³-hybridized carbons (Fsp3) is 0.105. The van der Waals surface area contributed by atoms with Gasteiger partial charge in [0.1, 0.15) is 0 Å². The van der Waals surface area contributed by atoms with Crippen LogP contribution in [0.4, 0.5) is 0 Å². The van der Waals surface area contributed by atoms with Crippen LogP contribution in [0.3, 0.4) is 0 Å². The van der Waals surface area contributed by atoms with Crippen molar-refractivity contribution in [3.63, 3.8) is 0 Å². The maximum Gasteiger partial charge on any atom is 0.230 e. The Morgan fingerprint density at radius 1 is 1.18 bits per heavy atom. The molecule has 4 rings (SSSR count). The van der Waals surface area contributed by atoms with Gasteiger partial charge in [-0.15, -0.1) is 21.5 Å². The average molecular weight is 431 g/mol. The molecule has 0 unspecified atom stereocenters. The number of hydrogen-bond donors (Lipinski definition) is 1.